The van der Waals surface area contributed by atoms with Gasteiger partial charge in [0.15, 0.2) is 5.78 Å². The van der Waals surface area contributed by atoms with Crippen LogP contribution in [0.25, 0.3) is 11.0 Å². The second-order valence-corrected chi connectivity index (χ2v) is 3.13. The third-order valence-electron chi connectivity index (χ3n) is 2.20. The Kier molecular flexibility index (Phi) is 1.93. The summed E-state index contributed by atoms with van der Waals surface area (Å²) in [4.78, 5) is 15.5. The number of aromatic nitrogens is 2. The Balaban J connectivity index is 2.62. The molecule has 0 aliphatic carbocycles. The number of rotatable bonds is 2. The number of benzene rings is 1. The molecule has 0 fully saturated rings. The number of fused-ring (bicyclic) bond motifs is 1. The van der Waals surface area contributed by atoms with Gasteiger partial charge in [0.1, 0.15) is 0 Å². The minimum absolute atomic E-state index is 0.0717. The average molecular weight is 186 g/mol. The maximum absolute atomic E-state index is 11.3. The normalized spacial score (nSPS) is 10.4. The van der Waals surface area contributed by atoms with Crippen molar-refractivity contribution in [2.75, 3.05) is 0 Å². The van der Waals surface area contributed by atoms with Crippen LogP contribution in [-0.2, 0) is 7.05 Å². The zero-order valence-corrected chi connectivity index (χ0v) is 7.90. The van der Waals surface area contributed by atoms with E-state index in [1.807, 2.05) is 17.7 Å². The molecule has 1 aromatic carbocycles. The summed E-state index contributed by atoms with van der Waals surface area (Å²) in [5.74, 6) is -0.0717. The fraction of sp³-hybridized carbons (Fsp3) is 0.0909. The van der Waals surface area contributed by atoms with E-state index in [1.165, 1.54) is 6.08 Å². The van der Waals surface area contributed by atoms with Gasteiger partial charge in [0.05, 0.1) is 17.4 Å². The number of nitrogens with zero attached hydrogens (tertiary/aromatic N) is 2. The topological polar surface area (TPSA) is 34.9 Å². The molecule has 0 unspecified atom stereocenters. The Labute approximate surface area is 81.7 Å². The monoisotopic (exact) mass is 186 g/mol. The summed E-state index contributed by atoms with van der Waals surface area (Å²) in [5.41, 5.74) is 2.48. The van der Waals surface area contributed by atoms with Crippen LogP contribution in [0.3, 0.4) is 0 Å². The number of allylic oxidation sites excluding steroid dienone is 1. The van der Waals surface area contributed by atoms with Crippen LogP contribution in [0.15, 0.2) is 37.2 Å². The third-order valence-corrected chi connectivity index (χ3v) is 2.20. The van der Waals surface area contributed by atoms with Crippen molar-refractivity contribution >= 4 is 16.8 Å². The largest absolute Gasteiger partial charge is 0.334 e. The standard InChI is InChI=1S/C11H10N2O/c1-3-11(14)8-4-5-10-9(6-8)12-7-13(10)2/h3-7H,1H2,2H3. The number of ketones is 1. The summed E-state index contributed by atoms with van der Waals surface area (Å²) in [6.45, 7) is 3.45. The van der Waals surface area contributed by atoms with E-state index in [1.54, 1.807) is 18.5 Å². The highest BCUT2D eigenvalue weighted by molar-refractivity contribution is 6.05. The van der Waals surface area contributed by atoms with E-state index in [2.05, 4.69) is 11.6 Å². The van der Waals surface area contributed by atoms with Crippen LogP contribution in [-0.4, -0.2) is 15.3 Å². The van der Waals surface area contributed by atoms with Crippen molar-refractivity contribution in [3.8, 4) is 0 Å². The van der Waals surface area contributed by atoms with Gasteiger partial charge in [0, 0.05) is 12.6 Å². The molecule has 3 heteroatoms. The second-order valence-electron chi connectivity index (χ2n) is 3.13. The van der Waals surface area contributed by atoms with Gasteiger partial charge in [-0.05, 0) is 24.3 Å². The van der Waals surface area contributed by atoms with E-state index in [4.69, 9.17) is 0 Å². The van der Waals surface area contributed by atoms with Crippen molar-refractivity contribution in [2.45, 2.75) is 0 Å². The zero-order valence-electron chi connectivity index (χ0n) is 7.90. The van der Waals surface area contributed by atoms with Crippen LogP contribution < -0.4 is 0 Å². The van der Waals surface area contributed by atoms with Gasteiger partial charge in [0.2, 0.25) is 0 Å². The highest BCUT2D eigenvalue weighted by atomic mass is 16.1. The van der Waals surface area contributed by atoms with Gasteiger partial charge in [-0.3, -0.25) is 4.79 Å². The first-order valence-corrected chi connectivity index (χ1v) is 4.30. The first-order chi connectivity index (χ1) is 6.72. The highest BCUT2D eigenvalue weighted by Crippen LogP contribution is 2.14. The number of hydrogen-bond acceptors (Lipinski definition) is 2. The number of imidazole rings is 1. The number of carbonyl (C=O) groups is 1. The molecular weight excluding hydrogens is 176 g/mol. The van der Waals surface area contributed by atoms with Crippen molar-refractivity contribution in [2.24, 2.45) is 7.05 Å². The molecule has 14 heavy (non-hydrogen) atoms. The van der Waals surface area contributed by atoms with E-state index in [0.717, 1.165) is 11.0 Å². The summed E-state index contributed by atoms with van der Waals surface area (Å²) in [7, 11) is 1.92. The summed E-state index contributed by atoms with van der Waals surface area (Å²) in [6, 6.07) is 5.45. The average Bonchev–Trinajstić information content (AvgIpc) is 2.59. The minimum atomic E-state index is -0.0717. The van der Waals surface area contributed by atoms with Gasteiger partial charge in [-0.15, -0.1) is 0 Å². The van der Waals surface area contributed by atoms with Crippen LogP contribution in [0.2, 0.25) is 0 Å². The first kappa shape index (κ1) is 8.69. The van der Waals surface area contributed by atoms with Crippen molar-refractivity contribution < 1.29 is 4.79 Å². The van der Waals surface area contributed by atoms with Gasteiger partial charge >= 0.3 is 0 Å². The van der Waals surface area contributed by atoms with E-state index in [0.29, 0.717) is 5.56 Å². The Morgan fingerprint density at radius 3 is 3.07 bits per heavy atom. The maximum atomic E-state index is 11.3. The molecule has 2 aromatic rings. The molecule has 70 valence electrons. The molecule has 3 nitrogen and oxygen atoms in total. The van der Waals surface area contributed by atoms with Gasteiger partial charge in [0.25, 0.3) is 0 Å². The van der Waals surface area contributed by atoms with Gasteiger partial charge < -0.3 is 4.57 Å². The van der Waals surface area contributed by atoms with Crippen molar-refractivity contribution in [3.05, 3.63) is 42.7 Å². The molecule has 0 amide bonds. The van der Waals surface area contributed by atoms with Crippen LogP contribution >= 0.6 is 0 Å². The first-order valence-electron chi connectivity index (χ1n) is 4.30. The van der Waals surface area contributed by atoms with E-state index in [-0.39, 0.29) is 5.78 Å². The van der Waals surface area contributed by atoms with Gasteiger partial charge in [-0.2, -0.15) is 0 Å². The van der Waals surface area contributed by atoms with E-state index in [9.17, 15) is 4.79 Å². The lowest BCUT2D eigenvalue weighted by atomic mass is 10.1. The Morgan fingerprint density at radius 1 is 1.57 bits per heavy atom. The third kappa shape index (κ3) is 1.23. The smallest absolute Gasteiger partial charge is 0.185 e. The summed E-state index contributed by atoms with van der Waals surface area (Å²) in [5, 5.41) is 0. The molecule has 0 aliphatic heterocycles. The Morgan fingerprint density at radius 2 is 2.36 bits per heavy atom. The number of hydrogen-bond donors (Lipinski definition) is 0. The van der Waals surface area contributed by atoms with Crippen LogP contribution in [0.5, 0.6) is 0 Å². The molecule has 0 spiro atoms. The lowest BCUT2D eigenvalue weighted by Gasteiger charge is -1.96. The SMILES string of the molecule is C=CC(=O)c1ccc2c(c1)ncn2C. The van der Waals surface area contributed by atoms with Crippen molar-refractivity contribution in [1.82, 2.24) is 9.55 Å². The number of aryl methyl sites for hydroxylation is 1. The molecule has 0 atom stereocenters. The molecule has 2 rings (SSSR count). The molecule has 1 heterocycles. The molecule has 0 saturated carbocycles. The predicted octanol–water partition coefficient (Wildman–Crippen LogP) is 1.94. The Bertz CT molecular complexity index is 511. The summed E-state index contributed by atoms with van der Waals surface area (Å²) < 4.78 is 1.91. The molecule has 0 bridgehead atoms. The van der Waals surface area contributed by atoms with Crippen LogP contribution in [0, 0.1) is 0 Å². The van der Waals surface area contributed by atoms with Gasteiger partial charge in [-0.25, -0.2) is 4.98 Å². The Hall–Kier alpha value is -1.90. The minimum Gasteiger partial charge on any atom is -0.334 e. The van der Waals surface area contributed by atoms with E-state index < -0.39 is 0 Å². The molecule has 0 N–H and O–H groups in total. The fourth-order valence-electron chi connectivity index (χ4n) is 1.41. The lowest BCUT2D eigenvalue weighted by molar-refractivity contribution is 0.104. The zero-order chi connectivity index (χ0) is 10.1. The summed E-state index contributed by atoms with van der Waals surface area (Å²) >= 11 is 0. The van der Waals surface area contributed by atoms with Crippen molar-refractivity contribution in [3.63, 3.8) is 0 Å². The van der Waals surface area contributed by atoms with E-state index >= 15 is 0 Å². The lowest BCUT2D eigenvalue weighted by Crippen LogP contribution is -1.93. The highest BCUT2D eigenvalue weighted by Gasteiger charge is 2.04. The second kappa shape index (κ2) is 3.10. The van der Waals surface area contributed by atoms with Gasteiger partial charge in [-0.1, -0.05) is 6.58 Å². The fourth-order valence-corrected chi connectivity index (χ4v) is 1.41. The predicted molar refractivity (Wildman–Crippen MR) is 55.2 cm³/mol. The molecule has 0 radical (unpaired) electrons. The molecule has 0 saturated heterocycles. The van der Waals surface area contributed by atoms with Crippen LogP contribution in [0.1, 0.15) is 10.4 Å². The summed E-state index contributed by atoms with van der Waals surface area (Å²) in [6.07, 6.45) is 3.04. The molecule has 0 aliphatic rings. The molecule has 1 aromatic heterocycles. The molecular formula is C11H10N2O. The quantitative estimate of drug-likeness (QED) is 0.530. The number of carbonyl (C=O) groups excluding carboxylic acids is 1. The van der Waals surface area contributed by atoms with Crippen LogP contribution in [0.4, 0.5) is 0 Å². The maximum Gasteiger partial charge on any atom is 0.185 e. The van der Waals surface area contributed by atoms with Crippen molar-refractivity contribution in [1.29, 1.82) is 0 Å².